The lowest BCUT2D eigenvalue weighted by molar-refractivity contribution is 0.0735. The summed E-state index contributed by atoms with van der Waals surface area (Å²) in [5, 5.41) is 3.86. The molecule has 1 aliphatic rings. The van der Waals surface area contributed by atoms with E-state index >= 15 is 0 Å². The van der Waals surface area contributed by atoms with Crippen molar-refractivity contribution in [2.24, 2.45) is 0 Å². The quantitative estimate of drug-likeness (QED) is 0.855. The maximum absolute atomic E-state index is 13.0. The van der Waals surface area contributed by atoms with Gasteiger partial charge in [0.1, 0.15) is 11.6 Å². The van der Waals surface area contributed by atoms with Gasteiger partial charge in [0, 0.05) is 37.4 Å². The lowest BCUT2D eigenvalue weighted by atomic mass is 10.2. The first-order valence-corrected chi connectivity index (χ1v) is 7.29. The molecule has 1 fully saturated rings. The van der Waals surface area contributed by atoms with Crippen LogP contribution in [0.4, 0.5) is 10.1 Å². The highest BCUT2D eigenvalue weighted by Gasteiger charge is 2.26. The van der Waals surface area contributed by atoms with Gasteiger partial charge in [-0.2, -0.15) is 0 Å². The second-order valence-electron chi connectivity index (χ2n) is 5.47. The summed E-state index contributed by atoms with van der Waals surface area (Å²) in [6.07, 6.45) is 0. The molecule has 1 saturated heterocycles. The molecule has 1 aromatic heterocycles. The van der Waals surface area contributed by atoms with Crippen molar-refractivity contribution in [3.8, 4) is 0 Å². The smallest absolute Gasteiger partial charge is 0.276 e. The molecule has 0 bridgehead atoms. The monoisotopic (exact) mass is 303 g/mol. The van der Waals surface area contributed by atoms with E-state index in [2.05, 4.69) is 10.1 Å². The number of nitrogens with zero attached hydrogens (tertiary/aromatic N) is 3. The Labute approximate surface area is 128 Å². The Morgan fingerprint density at radius 2 is 1.77 bits per heavy atom. The lowest BCUT2D eigenvalue weighted by Crippen LogP contribution is -2.49. The van der Waals surface area contributed by atoms with Crippen molar-refractivity contribution in [2.75, 3.05) is 31.1 Å². The van der Waals surface area contributed by atoms with E-state index < -0.39 is 0 Å². The van der Waals surface area contributed by atoms with Crippen molar-refractivity contribution in [1.82, 2.24) is 10.1 Å². The first kappa shape index (κ1) is 14.6. The van der Waals surface area contributed by atoms with Crippen LogP contribution in [0.1, 0.15) is 21.8 Å². The second kappa shape index (κ2) is 5.79. The van der Waals surface area contributed by atoms with E-state index in [0.29, 0.717) is 37.6 Å². The zero-order valence-corrected chi connectivity index (χ0v) is 12.7. The number of carbonyl (C=O) groups is 1. The van der Waals surface area contributed by atoms with Gasteiger partial charge in [-0.25, -0.2) is 4.39 Å². The first-order chi connectivity index (χ1) is 10.6. The van der Waals surface area contributed by atoms with Gasteiger partial charge in [0.2, 0.25) is 0 Å². The molecule has 0 N–H and O–H groups in total. The number of halogens is 1. The van der Waals surface area contributed by atoms with Crippen LogP contribution in [0.3, 0.4) is 0 Å². The van der Waals surface area contributed by atoms with Crippen LogP contribution >= 0.6 is 0 Å². The zero-order valence-electron chi connectivity index (χ0n) is 12.7. The summed E-state index contributed by atoms with van der Waals surface area (Å²) in [4.78, 5) is 16.4. The predicted octanol–water partition coefficient (Wildman–Crippen LogP) is 2.39. The molecule has 0 spiro atoms. The second-order valence-corrected chi connectivity index (χ2v) is 5.47. The number of benzene rings is 1. The number of anilines is 1. The van der Waals surface area contributed by atoms with E-state index in [1.807, 2.05) is 6.92 Å². The molecule has 0 saturated carbocycles. The van der Waals surface area contributed by atoms with Crippen molar-refractivity contribution in [3.63, 3.8) is 0 Å². The highest BCUT2D eigenvalue weighted by molar-refractivity contribution is 5.93. The van der Waals surface area contributed by atoms with Gasteiger partial charge in [0.15, 0.2) is 5.69 Å². The van der Waals surface area contributed by atoms with Crippen molar-refractivity contribution in [1.29, 1.82) is 0 Å². The summed E-state index contributed by atoms with van der Waals surface area (Å²) in [6.45, 7) is 6.29. The topological polar surface area (TPSA) is 49.6 Å². The van der Waals surface area contributed by atoms with Crippen LogP contribution in [0, 0.1) is 19.7 Å². The van der Waals surface area contributed by atoms with Gasteiger partial charge in [0.05, 0.1) is 0 Å². The average Bonchev–Trinajstić information content (AvgIpc) is 2.87. The Bertz CT molecular complexity index is 673. The van der Waals surface area contributed by atoms with Gasteiger partial charge in [-0.15, -0.1) is 0 Å². The minimum atomic E-state index is -0.241. The third-order valence-corrected chi connectivity index (χ3v) is 4.12. The molecule has 2 aromatic rings. The number of amides is 1. The fraction of sp³-hybridized carbons (Fsp3) is 0.375. The SMILES string of the molecule is Cc1onc(C(=O)N2CCN(c3ccc(F)cc3)CC2)c1C. The minimum Gasteiger partial charge on any atom is -0.368 e. The first-order valence-electron chi connectivity index (χ1n) is 7.29. The Kier molecular flexibility index (Phi) is 3.83. The Morgan fingerprint density at radius 1 is 1.14 bits per heavy atom. The summed E-state index contributed by atoms with van der Waals surface area (Å²) in [5.41, 5.74) is 2.17. The lowest BCUT2D eigenvalue weighted by Gasteiger charge is -2.35. The van der Waals surface area contributed by atoms with Gasteiger partial charge >= 0.3 is 0 Å². The van der Waals surface area contributed by atoms with Gasteiger partial charge in [-0.1, -0.05) is 5.16 Å². The molecular formula is C16H18FN3O2. The molecule has 6 heteroatoms. The molecule has 0 radical (unpaired) electrons. The molecule has 1 aliphatic heterocycles. The van der Waals surface area contributed by atoms with E-state index in [1.165, 1.54) is 12.1 Å². The number of rotatable bonds is 2. The molecule has 0 unspecified atom stereocenters. The van der Waals surface area contributed by atoms with Crippen LogP contribution in [0.15, 0.2) is 28.8 Å². The number of piperazine rings is 1. The number of hydrogen-bond donors (Lipinski definition) is 0. The molecule has 1 aromatic carbocycles. The van der Waals surface area contributed by atoms with Crippen LogP contribution in [0.5, 0.6) is 0 Å². The van der Waals surface area contributed by atoms with Crippen LogP contribution in [-0.2, 0) is 0 Å². The molecule has 116 valence electrons. The zero-order chi connectivity index (χ0) is 15.7. The van der Waals surface area contributed by atoms with Crippen LogP contribution < -0.4 is 4.90 Å². The molecule has 5 nitrogen and oxygen atoms in total. The van der Waals surface area contributed by atoms with Crippen molar-refractivity contribution in [3.05, 3.63) is 47.1 Å². The van der Waals surface area contributed by atoms with Crippen LogP contribution in [0.25, 0.3) is 0 Å². The van der Waals surface area contributed by atoms with Crippen LogP contribution in [-0.4, -0.2) is 42.1 Å². The molecule has 0 aliphatic carbocycles. The van der Waals surface area contributed by atoms with E-state index in [4.69, 9.17) is 4.52 Å². The number of hydrogen-bond acceptors (Lipinski definition) is 4. The summed E-state index contributed by atoms with van der Waals surface area (Å²) in [5.74, 6) is 0.343. The number of aromatic nitrogens is 1. The fourth-order valence-corrected chi connectivity index (χ4v) is 2.59. The minimum absolute atomic E-state index is 0.0897. The molecule has 1 amide bonds. The summed E-state index contributed by atoms with van der Waals surface area (Å²) in [7, 11) is 0. The summed E-state index contributed by atoms with van der Waals surface area (Å²) in [6, 6.07) is 6.43. The standard InChI is InChI=1S/C16H18FN3O2/c1-11-12(2)22-18-15(11)16(21)20-9-7-19(8-10-20)14-5-3-13(17)4-6-14/h3-6H,7-10H2,1-2H3. The largest absolute Gasteiger partial charge is 0.368 e. The van der Waals surface area contributed by atoms with E-state index in [-0.39, 0.29) is 11.7 Å². The molecule has 22 heavy (non-hydrogen) atoms. The van der Waals surface area contributed by atoms with Crippen LogP contribution in [0.2, 0.25) is 0 Å². The van der Waals surface area contributed by atoms with E-state index in [0.717, 1.165) is 11.3 Å². The van der Waals surface area contributed by atoms with Gasteiger partial charge < -0.3 is 14.3 Å². The third-order valence-electron chi connectivity index (χ3n) is 4.12. The molecule has 2 heterocycles. The molecule has 0 atom stereocenters. The predicted molar refractivity (Wildman–Crippen MR) is 80.5 cm³/mol. The van der Waals surface area contributed by atoms with Gasteiger partial charge in [-0.3, -0.25) is 4.79 Å². The van der Waals surface area contributed by atoms with Crippen molar-refractivity contribution >= 4 is 11.6 Å². The van der Waals surface area contributed by atoms with E-state index in [9.17, 15) is 9.18 Å². The molecular weight excluding hydrogens is 285 g/mol. The third kappa shape index (κ3) is 2.68. The number of carbonyl (C=O) groups excluding carboxylic acids is 1. The van der Waals surface area contributed by atoms with Gasteiger partial charge in [0.25, 0.3) is 5.91 Å². The van der Waals surface area contributed by atoms with E-state index in [1.54, 1.807) is 24.0 Å². The average molecular weight is 303 g/mol. The number of aryl methyl sites for hydroxylation is 1. The summed E-state index contributed by atoms with van der Waals surface area (Å²) >= 11 is 0. The van der Waals surface area contributed by atoms with Gasteiger partial charge in [-0.05, 0) is 38.1 Å². The molecule has 3 rings (SSSR count). The van der Waals surface area contributed by atoms with Crippen molar-refractivity contribution < 1.29 is 13.7 Å². The Balaban J connectivity index is 1.65. The normalized spacial score (nSPS) is 15.2. The van der Waals surface area contributed by atoms with Crippen molar-refractivity contribution in [2.45, 2.75) is 13.8 Å². The maximum Gasteiger partial charge on any atom is 0.276 e. The Morgan fingerprint density at radius 3 is 2.32 bits per heavy atom. The fourth-order valence-electron chi connectivity index (χ4n) is 2.59. The summed E-state index contributed by atoms with van der Waals surface area (Å²) < 4.78 is 18.0. The Hall–Kier alpha value is -2.37. The highest BCUT2D eigenvalue weighted by atomic mass is 19.1. The maximum atomic E-state index is 13.0. The highest BCUT2D eigenvalue weighted by Crippen LogP contribution is 2.19.